The molecule has 0 aliphatic heterocycles. The van der Waals surface area contributed by atoms with Crippen molar-refractivity contribution in [2.75, 3.05) is 12.4 Å². The molecule has 2 rings (SSSR count). The van der Waals surface area contributed by atoms with Gasteiger partial charge < -0.3 is 10.1 Å². The van der Waals surface area contributed by atoms with Gasteiger partial charge in [0.1, 0.15) is 10.7 Å². The van der Waals surface area contributed by atoms with Crippen molar-refractivity contribution in [3.05, 3.63) is 63.2 Å². The first-order valence-electron chi connectivity index (χ1n) is 5.90. The van der Waals surface area contributed by atoms with E-state index in [1.54, 1.807) is 30.3 Å². The molecule has 108 valence electrons. The zero-order chi connectivity index (χ0) is 15.4. The Bertz CT molecular complexity index is 706. The Morgan fingerprint density at radius 2 is 2.10 bits per heavy atom. The molecule has 0 amide bonds. The Kier molecular flexibility index (Phi) is 4.72. The highest BCUT2D eigenvalue weighted by atomic mass is 35.5. The number of nitro benzene ring substituents is 1. The molecule has 0 aliphatic carbocycles. The van der Waals surface area contributed by atoms with E-state index in [0.717, 1.165) is 0 Å². The van der Waals surface area contributed by atoms with Crippen LogP contribution in [0, 0.1) is 10.1 Å². The van der Waals surface area contributed by atoms with Crippen LogP contribution in [0.5, 0.6) is 5.75 Å². The number of nitrogens with zero attached hydrogens (tertiary/aromatic N) is 1. The highest BCUT2D eigenvalue weighted by molar-refractivity contribution is 7.81. The van der Waals surface area contributed by atoms with E-state index < -0.39 is 4.92 Å². The molecule has 0 saturated heterocycles. The molecule has 0 aliphatic rings. The quantitative estimate of drug-likeness (QED) is 0.523. The van der Waals surface area contributed by atoms with Crippen LogP contribution < -0.4 is 10.1 Å². The number of halogens is 1. The molecule has 21 heavy (non-hydrogen) atoms. The van der Waals surface area contributed by atoms with Crippen molar-refractivity contribution in [2.24, 2.45) is 0 Å². The average Bonchev–Trinajstić information content (AvgIpc) is 2.47. The molecule has 0 unspecified atom stereocenters. The van der Waals surface area contributed by atoms with E-state index in [1.807, 2.05) is 0 Å². The summed E-state index contributed by atoms with van der Waals surface area (Å²) >= 11 is 11.3. The van der Waals surface area contributed by atoms with Gasteiger partial charge >= 0.3 is 0 Å². The number of hydrogen-bond donors (Lipinski definition) is 1. The van der Waals surface area contributed by atoms with Crippen LogP contribution in [-0.4, -0.2) is 17.0 Å². The lowest BCUT2D eigenvalue weighted by atomic mass is 10.2. The van der Waals surface area contributed by atoms with Crippen LogP contribution in [0.3, 0.4) is 0 Å². The molecule has 0 heterocycles. The van der Waals surface area contributed by atoms with Gasteiger partial charge in [-0.15, -0.1) is 0 Å². The minimum absolute atomic E-state index is 0.0131. The van der Waals surface area contributed by atoms with Gasteiger partial charge in [0.25, 0.3) is 5.69 Å². The van der Waals surface area contributed by atoms with Crippen molar-refractivity contribution in [3.63, 3.8) is 0 Å². The normalized spacial score (nSPS) is 10.0. The van der Waals surface area contributed by atoms with Crippen molar-refractivity contribution in [1.29, 1.82) is 0 Å². The fraction of sp³-hybridized carbons (Fsp3) is 0.0714. The molecule has 0 radical (unpaired) electrons. The van der Waals surface area contributed by atoms with E-state index in [9.17, 15) is 10.1 Å². The van der Waals surface area contributed by atoms with E-state index in [4.69, 9.17) is 28.6 Å². The highest BCUT2D eigenvalue weighted by Crippen LogP contribution is 2.25. The van der Waals surface area contributed by atoms with Gasteiger partial charge in [-0.25, -0.2) is 0 Å². The smallest absolute Gasteiger partial charge is 0.271 e. The molecule has 7 heteroatoms. The molecule has 0 atom stereocenters. The predicted molar refractivity (Wildman–Crippen MR) is 86.4 cm³/mol. The molecule has 5 nitrogen and oxygen atoms in total. The molecule has 2 aromatic rings. The molecule has 1 N–H and O–H groups in total. The third-order valence-corrected chi connectivity index (χ3v) is 3.28. The van der Waals surface area contributed by atoms with Gasteiger partial charge in [0, 0.05) is 22.8 Å². The first kappa shape index (κ1) is 15.2. The third-order valence-electron chi connectivity index (χ3n) is 2.72. The zero-order valence-electron chi connectivity index (χ0n) is 11.0. The molecule has 0 saturated carbocycles. The van der Waals surface area contributed by atoms with Crippen LogP contribution in [0.15, 0.2) is 42.5 Å². The van der Waals surface area contributed by atoms with Gasteiger partial charge in [0.2, 0.25) is 0 Å². The Morgan fingerprint density at radius 3 is 2.76 bits per heavy atom. The van der Waals surface area contributed by atoms with Gasteiger partial charge in [-0.05, 0) is 24.3 Å². The Labute approximate surface area is 131 Å². The highest BCUT2D eigenvalue weighted by Gasteiger charge is 2.11. The minimum atomic E-state index is -0.464. The van der Waals surface area contributed by atoms with Gasteiger partial charge in [0.05, 0.1) is 17.6 Å². The molecule has 0 bridgehead atoms. The number of thiocarbonyl (C=S) groups is 1. The van der Waals surface area contributed by atoms with E-state index in [2.05, 4.69) is 5.32 Å². The maximum atomic E-state index is 10.8. The van der Waals surface area contributed by atoms with E-state index >= 15 is 0 Å². The maximum absolute atomic E-state index is 10.8. The number of anilines is 1. The minimum Gasteiger partial charge on any atom is -0.496 e. The largest absolute Gasteiger partial charge is 0.496 e. The number of benzene rings is 2. The number of hydrogen-bond acceptors (Lipinski definition) is 4. The lowest BCUT2D eigenvalue weighted by Gasteiger charge is -2.12. The SMILES string of the molecule is COc1ccc(Cl)cc1C(=S)Nc1cccc([N+](=O)[O-])c1. The average molecular weight is 323 g/mol. The molecule has 0 spiro atoms. The molecule has 0 aromatic heterocycles. The summed E-state index contributed by atoms with van der Waals surface area (Å²) in [5.74, 6) is 0.572. The number of non-ortho nitro benzene ring substituents is 1. The van der Waals surface area contributed by atoms with Crippen LogP contribution in [0.2, 0.25) is 5.02 Å². The summed E-state index contributed by atoms with van der Waals surface area (Å²) in [5.41, 5.74) is 1.13. The number of ether oxygens (including phenoxy) is 1. The summed E-state index contributed by atoms with van der Waals surface area (Å²) < 4.78 is 5.23. The second kappa shape index (κ2) is 6.51. The Hall–Kier alpha value is -2.18. The summed E-state index contributed by atoms with van der Waals surface area (Å²) in [6.45, 7) is 0. The summed E-state index contributed by atoms with van der Waals surface area (Å²) in [4.78, 5) is 10.7. The fourth-order valence-electron chi connectivity index (χ4n) is 1.75. The molecule has 2 aromatic carbocycles. The fourth-order valence-corrected chi connectivity index (χ4v) is 2.20. The second-order valence-corrected chi connectivity index (χ2v) is 4.95. The maximum Gasteiger partial charge on any atom is 0.271 e. The molecule has 0 fully saturated rings. The summed E-state index contributed by atoms with van der Waals surface area (Å²) in [6, 6.07) is 11.2. The Morgan fingerprint density at radius 1 is 1.33 bits per heavy atom. The lowest BCUT2D eigenvalue weighted by Crippen LogP contribution is -2.12. The number of rotatable bonds is 4. The number of methoxy groups -OCH3 is 1. The standard InChI is InChI=1S/C14H11ClN2O3S/c1-20-13-6-5-9(15)7-12(13)14(21)16-10-3-2-4-11(8-10)17(18)19/h2-8H,1H3,(H,16,21). The van der Waals surface area contributed by atoms with Crippen molar-refractivity contribution in [3.8, 4) is 5.75 Å². The lowest BCUT2D eigenvalue weighted by molar-refractivity contribution is -0.384. The Balaban J connectivity index is 2.28. The monoisotopic (exact) mass is 322 g/mol. The molecular weight excluding hydrogens is 312 g/mol. The van der Waals surface area contributed by atoms with E-state index in [0.29, 0.717) is 27.0 Å². The first-order chi connectivity index (χ1) is 10.0. The number of nitro groups is 1. The van der Waals surface area contributed by atoms with Crippen LogP contribution in [0.4, 0.5) is 11.4 Å². The van der Waals surface area contributed by atoms with E-state index in [-0.39, 0.29) is 5.69 Å². The molecular formula is C14H11ClN2O3S. The van der Waals surface area contributed by atoms with E-state index in [1.165, 1.54) is 19.2 Å². The zero-order valence-corrected chi connectivity index (χ0v) is 12.6. The van der Waals surface area contributed by atoms with Gasteiger partial charge in [-0.3, -0.25) is 10.1 Å². The summed E-state index contributed by atoms with van der Waals surface area (Å²) in [7, 11) is 1.53. The number of nitrogens with one attached hydrogen (secondary N) is 1. The van der Waals surface area contributed by atoms with Crippen LogP contribution >= 0.6 is 23.8 Å². The van der Waals surface area contributed by atoms with Gasteiger partial charge in [0.15, 0.2) is 0 Å². The van der Waals surface area contributed by atoms with Crippen LogP contribution in [-0.2, 0) is 0 Å². The van der Waals surface area contributed by atoms with Gasteiger partial charge in [-0.2, -0.15) is 0 Å². The van der Waals surface area contributed by atoms with Crippen molar-refractivity contribution in [1.82, 2.24) is 0 Å². The summed E-state index contributed by atoms with van der Waals surface area (Å²) in [6.07, 6.45) is 0. The van der Waals surface area contributed by atoms with Crippen molar-refractivity contribution in [2.45, 2.75) is 0 Å². The predicted octanol–water partition coefficient (Wildman–Crippen LogP) is 4.04. The van der Waals surface area contributed by atoms with Gasteiger partial charge in [-0.1, -0.05) is 29.9 Å². The van der Waals surface area contributed by atoms with Crippen molar-refractivity contribution >= 4 is 40.2 Å². The summed E-state index contributed by atoms with van der Waals surface area (Å²) in [5, 5.41) is 14.2. The van der Waals surface area contributed by atoms with Crippen LogP contribution in [0.1, 0.15) is 5.56 Å². The third kappa shape index (κ3) is 3.68. The second-order valence-electron chi connectivity index (χ2n) is 4.11. The topological polar surface area (TPSA) is 64.4 Å². The first-order valence-corrected chi connectivity index (χ1v) is 6.69. The van der Waals surface area contributed by atoms with Crippen LogP contribution in [0.25, 0.3) is 0 Å². The van der Waals surface area contributed by atoms with Crippen molar-refractivity contribution < 1.29 is 9.66 Å².